The Hall–Kier alpha value is -1.16. The minimum Gasteiger partial charge on any atom is -0.505 e. The highest BCUT2D eigenvalue weighted by Gasteiger charge is 2.15. The van der Waals surface area contributed by atoms with Crippen molar-refractivity contribution in [1.82, 2.24) is 0 Å². The van der Waals surface area contributed by atoms with Gasteiger partial charge in [-0.05, 0) is 19.1 Å². The maximum Gasteiger partial charge on any atom is 0.172 e. The summed E-state index contributed by atoms with van der Waals surface area (Å²) in [6.45, 7) is 1.45. The molecule has 0 aliphatic heterocycles. The zero-order valence-electron chi connectivity index (χ0n) is 6.51. The number of phenolic OH excluding ortho intramolecular Hbond substituents is 1. The first-order valence-electron chi connectivity index (χ1n) is 3.46. The fraction of sp³-hybridized carbons (Fsp3) is 0.250. The molecule has 0 amide bonds. The smallest absolute Gasteiger partial charge is 0.172 e. The molecule has 0 aromatic heterocycles. The first-order chi connectivity index (χ1) is 5.54. The van der Waals surface area contributed by atoms with Crippen molar-refractivity contribution in [1.29, 1.82) is 0 Å². The average Bonchev–Trinajstić information content (AvgIpc) is 1.97. The highest BCUT2D eigenvalue weighted by atomic mass is 19.1. The summed E-state index contributed by atoms with van der Waals surface area (Å²) in [6, 6.07) is 1.17. The summed E-state index contributed by atoms with van der Waals surface area (Å²) >= 11 is 0. The van der Waals surface area contributed by atoms with Crippen LogP contribution in [0.2, 0.25) is 0 Å². The summed E-state index contributed by atoms with van der Waals surface area (Å²) in [4.78, 5) is 0. The number of hydrogen-bond donors (Lipinski definition) is 2. The predicted molar refractivity (Wildman–Crippen MR) is 40.6 cm³/mol. The third-order valence-corrected chi connectivity index (χ3v) is 1.56. The zero-order valence-corrected chi connectivity index (χ0v) is 6.51. The van der Waals surface area contributed by atoms with Gasteiger partial charge in [-0.1, -0.05) is 0 Å². The van der Waals surface area contributed by atoms with Gasteiger partial charge in [0.25, 0.3) is 0 Å². The van der Waals surface area contributed by atoms with Gasteiger partial charge in [0.2, 0.25) is 0 Å². The third-order valence-electron chi connectivity index (χ3n) is 1.56. The molecule has 66 valence electrons. The molecule has 1 aromatic carbocycles. The van der Waals surface area contributed by atoms with E-state index in [1.54, 1.807) is 0 Å². The predicted octanol–water partition coefficient (Wildman–Crippen LogP) is 1.69. The van der Waals surface area contributed by atoms with Crippen molar-refractivity contribution in [3.8, 4) is 5.75 Å². The van der Waals surface area contributed by atoms with Crippen LogP contribution in [0.15, 0.2) is 12.1 Å². The Morgan fingerprint density at radius 2 is 2.00 bits per heavy atom. The van der Waals surface area contributed by atoms with Gasteiger partial charge >= 0.3 is 0 Å². The van der Waals surface area contributed by atoms with Crippen molar-refractivity contribution in [2.24, 2.45) is 5.73 Å². The lowest BCUT2D eigenvalue weighted by Gasteiger charge is -2.08. The van der Waals surface area contributed by atoms with Crippen LogP contribution in [0.4, 0.5) is 8.78 Å². The van der Waals surface area contributed by atoms with Gasteiger partial charge < -0.3 is 10.8 Å². The van der Waals surface area contributed by atoms with Crippen molar-refractivity contribution in [2.75, 3.05) is 0 Å². The second-order valence-corrected chi connectivity index (χ2v) is 2.58. The van der Waals surface area contributed by atoms with Gasteiger partial charge in [0.1, 0.15) is 5.82 Å². The van der Waals surface area contributed by atoms with Gasteiger partial charge in [0, 0.05) is 11.6 Å². The molecule has 0 saturated heterocycles. The van der Waals surface area contributed by atoms with Crippen LogP contribution >= 0.6 is 0 Å². The topological polar surface area (TPSA) is 46.2 Å². The van der Waals surface area contributed by atoms with Crippen molar-refractivity contribution in [3.63, 3.8) is 0 Å². The van der Waals surface area contributed by atoms with E-state index < -0.39 is 23.4 Å². The first kappa shape index (κ1) is 8.93. The minimum absolute atomic E-state index is 0.282. The summed E-state index contributed by atoms with van der Waals surface area (Å²) in [5.74, 6) is -2.30. The summed E-state index contributed by atoms with van der Waals surface area (Å²) in [5, 5.41) is 8.88. The maximum atomic E-state index is 12.9. The van der Waals surface area contributed by atoms with E-state index >= 15 is 0 Å². The Kier molecular flexibility index (Phi) is 2.28. The molecular formula is C8H9F2NO. The van der Waals surface area contributed by atoms with E-state index in [0.29, 0.717) is 0 Å². The third kappa shape index (κ3) is 1.38. The lowest BCUT2D eigenvalue weighted by Crippen LogP contribution is -2.10. The van der Waals surface area contributed by atoms with Crippen LogP contribution in [0.5, 0.6) is 5.75 Å². The molecule has 0 aliphatic carbocycles. The Morgan fingerprint density at radius 3 is 2.42 bits per heavy atom. The molecule has 1 atom stereocenters. The normalized spacial score (nSPS) is 13.0. The van der Waals surface area contributed by atoms with Crippen molar-refractivity contribution < 1.29 is 13.9 Å². The van der Waals surface area contributed by atoms with Crippen LogP contribution in [-0.4, -0.2) is 5.11 Å². The van der Waals surface area contributed by atoms with E-state index in [2.05, 4.69) is 0 Å². The van der Waals surface area contributed by atoms with Crippen LogP contribution in [-0.2, 0) is 0 Å². The van der Waals surface area contributed by atoms with Crippen molar-refractivity contribution >= 4 is 0 Å². The Morgan fingerprint density at radius 1 is 1.42 bits per heavy atom. The Labute approximate surface area is 68.6 Å². The number of hydrogen-bond acceptors (Lipinski definition) is 2. The first-order valence-corrected chi connectivity index (χ1v) is 3.46. The quantitative estimate of drug-likeness (QED) is 0.678. The molecule has 0 bridgehead atoms. The minimum atomic E-state index is -0.981. The van der Waals surface area contributed by atoms with E-state index in [4.69, 9.17) is 10.8 Å². The number of rotatable bonds is 1. The number of nitrogens with two attached hydrogens (primary N) is 1. The molecule has 2 nitrogen and oxygen atoms in total. The van der Waals surface area contributed by atoms with Gasteiger partial charge in [-0.2, -0.15) is 0 Å². The molecule has 0 radical (unpaired) electrons. The number of halogens is 2. The Bertz CT molecular complexity index is 299. The second kappa shape index (κ2) is 3.06. The molecule has 1 aromatic rings. The molecule has 12 heavy (non-hydrogen) atoms. The highest BCUT2D eigenvalue weighted by Crippen LogP contribution is 2.25. The molecular weight excluding hydrogens is 164 g/mol. The van der Waals surface area contributed by atoms with Crippen LogP contribution in [0, 0.1) is 11.6 Å². The summed E-state index contributed by atoms with van der Waals surface area (Å²) in [7, 11) is 0. The van der Waals surface area contributed by atoms with Gasteiger partial charge in [-0.25, -0.2) is 8.78 Å². The van der Waals surface area contributed by atoms with Crippen molar-refractivity contribution in [3.05, 3.63) is 29.3 Å². The molecule has 0 spiro atoms. The largest absolute Gasteiger partial charge is 0.505 e. The van der Waals surface area contributed by atoms with Gasteiger partial charge in [0.05, 0.1) is 0 Å². The fourth-order valence-corrected chi connectivity index (χ4v) is 0.975. The average molecular weight is 173 g/mol. The van der Waals surface area contributed by atoms with E-state index in [0.717, 1.165) is 12.1 Å². The van der Waals surface area contributed by atoms with Crippen LogP contribution in [0.25, 0.3) is 0 Å². The molecule has 1 unspecified atom stereocenters. The number of aromatic hydroxyl groups is 1. The standard InChI is InChI=1S/C8H9F2NO/c1-4(11)7-5(9)2-3-6(12)8(7)10/h2-4,12H,11H2,1H3. The van der Waals surface area contributed by atoms with Crippen LogP contribution in [0.1, 0.15) is 18.5 Å². The molecule has 4 heteroatoms. The summed E-state index contributed by atoms with van der Waals surface area (Å²) in [5.41, 5.74) is 5.01. The molecule has 3 N–H and O–H groups in total. The molecule has 1 rings (SSSR count). The molecule has 0 heterocycles. The van der Waals surface area contributed by atoms with Crippen LogP contribution in [0.3, 0.4) is 0 Å². The van der Waals surface area contributed by atoms with Crippen LogP contribution < -0.4 is 5.73 Å². The monoisotopic (exact) mass is 173 g/mol. The molecule has 0 fully saturated rings. The molecule has 0 saturated carbocycles. The molecule has 0 aliphatic rings. The second-order valence-electron chi connectivity index (χ2n) is 2.58. The number of benzene rings is 1. The van der Waals surface area contributed by atoms with Crippen molar-refractivity contribution in [2.45, 2.75) is 13.0 Å². The lowest BCUT2D eigenvalue weighted by atomic mass is 10.1. The van der Waals surface area contributed by atoms with Gasteiger partial charge in [0.15, 0.2) is 11.6 Å². The van der Waals surface area contributed by atoms with Gasteiger partial charge in [-0.3, -0.25) is 0 Å². The van der Waals surface area contributed by atoms with E-state index in [-0.39, 0.29) is 5.56 Å². The lowest BCUT2D eigenvalue weighted by molar-refractivity contribution is 0.418. The highest BCUT2D eigenvalue weighted by molar-refractivity contribution is 5.32. The number of phenols is 1. The zero-order chi connectivity index (χ0) is 9.30. The van der Waals surface area contributed by atoms with Gasteiger partial charge in [-0.15, -0.1) is 0 Å². The maximum absolute atomic E-state index is 12.9. The van der Waals surface area contributed by atoms with E-state index in [1.165, 1.54) is 6.92 Å². The van der Waals surface area contributed by atoms with E-state index in [1.807, 2.05) is 0 Å². The summed E-state index contributed by atoms with van der Waals surface area (Å²) < 4.78 is 25.8. The Balaban J connectivity index is 3.33. The summed E-state index contributed by atoms with van der Waals surface area (Å²) in [6.07, 6.45) is 0. The SMILES string of the molecule is CC(N)c1c(F)ccc(O)c1F. The van der Waals surface area contributed by atoms with E-state index in [9.17, 15) is 8.78 Å². The fourth-order valence-electron chi connectivity index (χ4n) is 0.975.